The second-order valence-electron chi connectivity index (χ2n) is 14.0. The van der Waals surface area contributed by atoms with Gasteiger partial charge < -0.3 is 0 Å². The minimum atomic E-state index is 0.948. The summed E-state index contributed by atoms with van der Waals surface area (Å²) in [6, 6.07) is 0. The normalized spacial score (nSPS) is 12.4. The second kappa shape index (κ2) is 37.0. The maximum atomic E-state index is 2.41. The van der Waals surface area contributed by atoms with Gasteiger partial charge in [-0.25, -0.2) is 0 Å². The summed E-state index contributed by atoms with van der Waals surface area (Å²) in [7, 11) is 0. The van der Waals surface area contributed by atoms with Gasteiger partial charge in [0.25, 0.3) is 0 Å². The van der Waals surface area contributed by atoms with E-state index < -0.39 is 0 Å². The highest BCUT2D eigenvalue weighted by atomic mass is 14.1. The number of unbranched alkanes of at least 4 members (excludes halogenated alkanes) is 33. The highest BCUT2D eigenvalue weighted by molar-refractivity contribution is 4.54. The van der Waals surface area contributed by atoms with Crippen molar-refractivity contribution in [1.82, 2.24) is 0 Å². The summed E-state index contributed by atoms with van der Waals surface area (Å²) >= 11 is 0. The Kier molecular flexibility index (Phi) is 37.0. The first kappa shape index (κ1) is 40.0. The standard InChI is InChI=1S/C40H82/c1-4-6-7-8-9-10-11-12-13-14-15-16-17-18-19-20-21-22-23-24-25-26-27-28-29-30-31-32-33-34-35-36-37-38-39-40(3)5-2/h40H,4-39H2,1-3H3. The Bertz CT molecular complexity index is 412. The largest absolute Gasteiger partial charge is 0.0654 e. The van der Waals surface area contributed by atoms with Crippen LogP contribution in [0.15, 0.2) is 0 Å². The molecule has 0 aromatic carbocycles. The zero-order valence-corrected chi connectivity index (χ0v) is 29.0. The van der Waals surface area contributed by atoms with Gasteiger partial charge in [0.05, 0.1) is 0 Å². The molecule has 0 aromatic rings. The highest BCUT2D eigenvalue weighted by Crippen LogP contribution is 2.18. The maximum absolute atomic E-state index is 2.41. The molecule has 0 N–H and O–H groups in total. The van der Waals surface area contributed by atoms with Crippen LogP contribution in [0.25, 0.3) is 0 Å². The van der Waals surface area contributed by atoms with Crippen LogP contribution in [-0.4, -0.2) is 0 Å². The zero-order chi connectivity index (χ0) is 29.0. The van der Waals surface area contributed by atoms with E-state index in [0.29, 0.717) is 0 Å². The average Bonchev–Trinajstić information content (AvgIpc) is 2.97. The Morgan fingerprint density at radius 1 is 0.250 bits per heavy atom. The Labute approximate surface area is 257 Å². The van der Waals surface area contributed by atoms with Gasteiger partial charge >= 0.3 is 0 Å². The van der Waals surface area contributed by atoms with E-state index in [9.17, 15) is 0 Å². The first-order valence-electron chi connectivity index (χ1n) is 19.8. The van der Waals surface area contributed by atoms with Gasteiger partial charge in [0.15, 0.2) is 0 Å². The molecule has 0 heterocycles. The van der Waals surface area contributed by atoms with Gasteiger partial charge in [0.1, 0.15) is 0 Å². The molecule has 0 spiro atoms. The molecule has 0 aliphatic carbocycles. The van der Waals surface area contributed by atoms with Crippen LogP contribution < -0.4 is 0 Å². The van der Waals surface area contributed by atoms with Crippen molar-refractivity contribution in [1.29, 1.82) is 0 Å². The Morgan fingerprint density at radius 3 is 0.600 bits per heavy atom. The fraction of sp³-hybridized carbons (Fsp3) is 1.00. The van der Waals surface area contributed by atoms with Crippen molar-refractivity contribution >= 4 is 0 Å². The summed E-state index contributed by atoms with van der Waals surface area (Å²) in [5.74, 6) is 0.948. The molecule has 0 nitrogen and oxygen atoms in total. The van der Waals surface area contributed by atoms with E-state index in [1.165, 1.54) is 231 Å². The van der Waals surface area contributed by atoms with Gasteiger partial charge in [-0.05, 0) is 5.92 Å². The molecule has 0 radical (unpaired) electrons. The summed E-state index contributed by atoms with van der Waals surface area (Å²) in [6.07, 6.45) is 53.3. The van der Waals surface area contributed by atoms with Crippen LogP contribution >= 0.6 is 0 Å². The fourth-order valence-electron chi connectivity index (χ4n) is 6.43. The summed E-state index contributed by atoms with van der Waals surface area (Å²) in [6.45, 7) is 7.04. The van der Waals surface area contributed by atoms with E-state index in [2.05, 4.69) is 20.8 Å². The molecule has 0 bridgehead atoms. The number of hydrogen-bond acceptors (Lipinski definition) is 0. The highest BCUT2D eigenvalue weighted by Gasteiger charge is 1.99. The van der Waals surface area contributed by atoms with Gasteiger partial charge in [-0.2, -0.15) is 0 Å². The molecule has 0 aliphatic heterocycles. The average molecular weight is 563 g/mol. The first-order valence-corrected chi connectivity index (χ1v) is 19.8. The Balaban J connectivity index is 3.03. The van der Waals surface area contributed by atoms with Crippen LogP contribution in [0.3, 0.4) is 0 Å². The third-order valence-corrected chi connectivity index (χ3v) is 9.75. The molecule has 0 amide bonds. The van der Waals surface area contributed by atoms with Gasteiger partial charge in [0, 0.05) is 0 Å². The topological polar surface area (TPSA) is 0 Å². The molecule has 1 atom stereocenters. The second-order valence-corrected chi connectivity index (χ2v) is 14.0. The van der Waals surface area contributed by atoms with Crippen LogP contribution in [0.5, 0.6) is 0 Å². The minimum absolute atomic E-state index is 0.948. The summed E-state index contributed by atoms with van der Waals surface area (Å²) in [5.41, 5.74) is 0. The number of rotatable bonds is 36. The van der Waals surface area contributed by atoms with Crippen molar-refractivity contribution in [3.05, 3.63) is 0 Å². The molecule has 0 heteroatoms. The molecule has 0 aliphatic rings. The molecule has 0 rings (SSSR count). The molecule has 242 valence electrons. The quantitative estimate of drug-likeness (QED) is 0.0666. The van der Waals surface area contributed by atoms with Gasteiger partial charge in [0.2, 0.25) is 0 Å². The predicted molar refractivity (Wildman–Crippen MR) is 187 cm³/mol. The molecular weight excluding hydrogens is 480 g/mol. The van der Waals surface area contributed by atoms with Crippen LogP contribution in [-0.2, 0) is 0 Å². The maximum Gasteiger partial charge on any atom is -0.0445 e. The lowest BCUT2D eigenvalue weighted by atomic mass is 9.99. The fourth-order valence-corrected chi connectivity index (χ4v) is 6.43. The van der Waals surface area contributed by atoms with E-state index >= 15 is 0 Å². The van der Waals surface area contributed by atoms with Crippen molar-refractivity contribution in [2.45, 2.75) is 252 Å². The molecule has 0 saturated carbocycles. The van der Waals surface area contributed by atoms with E-state index in [0.717, 1.165) is 5.92 Å². The van der Waals surface area contributed by atoms with Crippen LogP contribution in [0, 0.1) is 5.92 Å². The third kappa shape index (κ3) is 36.0. The summed E-state index contributed by atoms with van der Waals surface area (Å²) in [4.78, 5) is 0. The molecule has 1 unspecified atom stereocenters. The van der Waals surface area contributed by atoms with Crippen molar-refractivity contribution in [2.24, 2.45) is 5.92 Å². The SMILES string of the molecule is CCCCCCCCCCCCCCCCCCCCCCCCCCCCCCCCCCCCC(C)CC. The summed E-state index contributed by atoms with van der Waals surface area (Å²) < 4.78 is 0. The van der Waals surface area contributed by atoms with Crippen molar-refractivity contribution in [3.8, 4) is 0 Å². The van der Waals surface area contributed by atoms with Crippen molar-refractivity contribution in [2.75, 3.05) is 0 Å². The van der Waals surface area contributed by atoms with Gasteiger partial charge in [-0.3, -0.25) is 0 Å². The molecule has 0 saturated heterocycles. The molecule has 0 aromatic heterocycles. The van der Waals surface area contributed by atoms with Crippen LogP contribution in [0.2, 0.25) is 0 Å². The predicted octanol–water partition coefficient (Wildman–Crippen LogP) is 15.7. The van der Waals surface area contributed by atoms with E-state index in [1.807, 2.05) is 0 Å². The van der Waals surface area contributed by atoms with Crippen LogP contribution in [0.4, 0.5) is 0 Å². The minimum Gasteiger partial charge on any atom is -0.0654 e. The summed E-state index contributed by atoms with van der Waals surface area (Å²) in [5, 5.41) is 0. The lowest BCUT2D eigenvalue weighted by molar-refractivity contribution is 0.468. The van der Waals surface area contributed by atoms with E-state index in [4.69, 9.17) is 0 Å². The zero-order valence-electron chi connectivity index (χ0n) is 29.0. The van der Waals surface area contributed by atoms with Crippen molar-refractivity contribution < 1.29 is 0 Å². The third-order valence-electron chi connectivity index (χ3n) is 9.75. The molecule has 40 heavy (non-hydrogen) atoms. The lowest BCUT2D eigenvalue weighted by Gasteiger charge is -2.07. The van der Waals surface area contributed by atoms with Gasteiger partial charge in [-0.1, -0.05) is 252 Å². The monoisotopic (exact) mass is 563 g/mol. The van der Waals surface area contributed by atoms with E-state index in [1.54, 1.807) is 0 Å². The Morgan fingerprint density at radius 2 is 0.425 bits per heavy atom. The molecule has 0 fully saturated rings. The first-order chi connectivity index (χ1) is 19.8. The molecular formula is C40H82. The van der Waals surface area contributed by atoms with Gasteiger partial charge in [-0.15, -0.1) is 0 Å². The lowest BCUT2D eigenvalue weighted by Crippen LogP contribution is -1.91. The number of hydrogen-bond donors (Lipinski definition) is 0. The van der Waals surface area contributed by atoms with Crippen LogP contribution in [0.1, 0.15) is 252 Å². The Hall–Kier alpha value is 0. The van der Waals surface area contributed by atoms with E-state index in [-0.39, 0.29) is 0 Å². The smallest absolute Gasteiger partial charge is 0.0445 e. The van der Waals surface area contributed by atoms with Crippen molar-refractivity contribution in [3.63, 3.8) is 0 Å².